The van der Waals surface area contributed by atoms with Gasteiger partial charge in [0.15, 0.2) is 0 Å². The zero-order valence-corrected chi connectivity index (χ0v) is 11.2. The molecule has 2 heterocycles. The van der Waals surface area contributed by atoms with Crippen molar-refractivity contribution in [3.8, 4) is 0 Å². The van der Waals surface area contributed by atoms with Gasteiger partial charge in [0.2, 0.25) is 5.91 Å². The number of aromatic nitrogens is 1. The highest BCUT2D eigenvalue weighted by Crippen LogP contribution is 2.10. The van der Waals surface area contributed by atoms with E-state index in [0.29, 0.717) is 6.54 Å². The second kappa shape index (κ2) is 6.61. The average Bonchev–Trinajstić information content (AvgIpc) is 2.45. The Morgan fingerprint density at radius 3 is 2.84 bits per heavy atom. The second-order valence-corrected chi connectivity index (χ2v) is 5.00. The van der Waals surface area contributed by atoms with Gasteiger partial charge in [-0.15, -0.1) is 0 Å². The number of pyridine rings is 1. The van der Waals surface area contributed by atoms with Crippen LogP contribution in [0.25, 0.3) is 0 Å². The zero-order valence-electron chi connectivity index (χ0n) is 11.2. The fraction of sp³-hybridized carbons (Fsp3) is 0.571. The van der Waals surface area contributed by atoms with E-state index in [4.69, 9.17) is 0 Å². The summed E-state index contributed by atoms with van der Waals surface area (Å²) in [5, 5.41) is 3.13. The fourth-order valence-corrected chi connectivity index (χ4v) is 2.30. The summed E-state index contributed by atoms with van der Waals surface area (Å²) in [7, 11) is 0. The predicted octanol–water partition coefficient (Wildman–Crippen LogP) is 1.71. The van der Waals surface area contributed by atoms with Crippen LogP contribution in [0, 0.1) is 5.82 Å². The molecular formula is C14H20FN3O. The van der Waals surface area contributed by atoms with Gasteiger partial charge in [-0.05, 0) is 37.8 Å². The number of carbonyl (C=O) groups excluding carboxylic acids is 1. The Labute approximate surface area is 113 Å². The van der Waals surface area contributed by atoms with Gasteiger partial charge < -0.3 is 10.2 Å². The number of carbonyl (C=O) groups is 1. The van der Waals surface area contributed by atoms with Crippen LogP contribution in [-0.4, -0.2) is 34.9 Å². The van der Waals surface area contributed by atoms with Gasteiger partial charge in [-0.25, -0.2) is 4.39 Å². The standard InChI is InChI=1S/C14H20FN3O/c1-11(14(19)18-5-3-2-4-6-18)17-9-12-7-13(15)10-16-8-12/h7-8,10-11,17H,2-6,9H2,1H3. The second-order valence-electron chi connectivity index (χ2n) is 5.00. The summed E-state index contributed by atoms with van der Waals surface area (Å²) in [4.78, 5) is 17.9. The van der Waals surface area contributed by atoms with Crippen molar-refractivity contribution in [2.45, 2.75) is 38.8 Å². The van der Waals surface area contributed by atoms with Gasteiger partial charge >= 0.3 is 0 Å². The minimum absolute atomic E-state index is 0.129. The Hall–Kier alpha value is -1.49. The van der Waals surface area contributed by atoms with Crippen LogP contribution in [0.5, 0.6) is 0 Å². The van der Waals surface area contributed by atoms with Crippen molar-refractivity contribution in [1.29, 1.82) is 0 Å². The molecule has 0 aliphatic carbocycles. The van der Waals surface area contributed by atoms with Gasteiger partial charge in [-0.2, -0.15) is 0 Å². The molecule has 0 radical (unpaired) electrons. The Kier molecular flexibility index (Phi) is 4.85. The minimum atomic E-state index is -0.352. The normalized spacial score (nSPS) is 17.3. The third-order valence-electron chi connectivity index (χ3n) is 3.41. The van der Waals surface area contributed by atoms with Crippen molar-refractivity contribution in [1.82, 2.24) is 15.2 Å². The monoisotopic (exact) mass is 265 g/mol. The molecule has 5 heteroatoms. The van der Waals surface area contributed by atoms with E-state index in [0.717, 1.165) is 31.5 Å². The van der Waals surface area contributed by atoms with Crippen molar-refractivity contribution in [2.75, 3.05) is 13.1 Å². The first-order valence-corrected chi connectivity index (χ1v) is 6.78. The third-order valence-corrected chi connectivity index (χ3v) is 3.41. The van der Waals surface area contributed by atoms with Crippen LogP contribution in [-0.2, 0) is 11.3 Å². The van der Waals surface area contributed by atoms with Gasteiger partial charge in [0, 0.05) is 25.8 Å². The smallest absolute Gasteiger partial charge is 0.239 e. The molecule has 1 unspecified atom stereocenters. The number of hydrogen-bond acceptors (Lipinski definition) is 3. The van der Waals surface area contributed by atoms with Crippen LogP contribution in [0.2, 0.25) is 0 Å². The average molecular weight is 265 g/mol. The summed E-state index contributed by atoms with van der Waals surface area (Å²) in [5.41, 5.74) is 0.748. The molecule has 4 nitrogen and oxygen atoms in total. The Morgan fingerprint density at radius 2 is 2.16 bits per heavy atom. The molecule has 1 atom stereocenters. The van der Waals surface area contributed by atoms with Crippen LogP contribution >= 0.6 is 0 Å². The lowest BCUT2D eigenvalue weighted by atomic mass is 10.1. The Balaban J connectivity index is 1.83. The van der Waals surface area contributed by atoms with Crippen molar-refractivity contribution in [2.24, 2.45) is 0 Å². The number of halogens is 1. The zero-order chi connectivity index (χ0) is 13.7. The summed E-state index contributed by atoms with van der Waals surface area (Å²) < 4.78 is 13.0. The number of nitrogens with zero attached hydrogens (tertiary/aromatic N) is 2. The van der Waals surface area contributed by atoms with Crippen molar-refractivity contribution < 1.29 is 9.18 Å². The SMILES string of the molecule is CC(NCc1cncc(F)c1)C(=O)N1CCCCC1. The molecule has 1 saturated heterocycles. The van der Waals surface area contributed by atoms with Crippen LogP contribution < -0.4 is 5.32 Å². The number of likely N-dealkylation sites (tertiary alicyclic amines) is 1. The molecule has 0 saturated carbocycles. The molecule has 1 aliphatic heterocycles. The van der Waals surface area contributed by atoms with E-state index in [1.54, 1.807) is 6.20 Å². The van der Waals surface area contributed by atoms with Crippen molar-refractivity contribution >= 4 is 5.91 Å². The predicted molar refractivity (Wildman–Crippen MR) is 70.9 cm³/mol. The van der Waals surface area contributed by atoms with Crippen LogP contribution in [0.3, 0.4) is 0 Å². The quantitative estimate of drug-likeness (QED) is 0.901. The van der Waals surface area contributed by atoms with E-state index in [-0.39, 0.29) is 17.8 Å². The van der Waals surface area contributed by atoms with E-state index in [2.05, 4.69) is 10.3 Å². The minimum Gasteiger partial charge on any atom is -0.341 e. The van der Waals surface area contributed by atoms with E-state index < -0.39 is 0 Å². The highest BCUT2D eigenvalue weighted by Gasteiger charge is 2.21. The van der Waals surface area contributed by atoms with Gasteiger partial charge in [-0.3, -0.25) is 9.78 Å². The summed E-state index contributed by atoms with van der Waals surface area (Å²) in [6, 6.07) is 1.18. The maximum Gasteiger partial charge on any atom is 0.239 e. The molecule has 19 heavy (non-hydrogen) atoms. The molecule has 1 aromatic rings. The van der Waals surface area contributed by atoms with Gasteiger partial charge in [0.05, 0.1) is 12.2 Å². The Bertz CT molecular complexity index is 432. The summed E-state index contributed by atoms with van der Waals surface area (Å²) in [5.74, 6) is -0.224. The first-order chi connectivity index (χ1) is 9.16. The van der Waals surface area contributed by atoms with Gasteiger partial charge in [-0.1, -0.05) is 0 Å². The molecule has 1 fully saturated rings. The third kappa shape index (κ3) is 3.99. The number of rotatable bonds is 4. The number of hydrogen-bond donors (Lipinski definition) is 1. The number of nitrogens with one attached hydrogen (secondary N) is 1. The van der Waals surface area contributed by atoms with E-state index in [9.17, 15) is 9.18 Å². The molecule has 1 amide bonds. The van der Waals surface area contributed by atoms with Crippen LogP contribution in [0.4, 0.5) is 4.39 Å². The molecule has 0 bridgehead atoms. The topological polar surface area (TPSA) is 45.2 Å². The number of piperidine rings is 1. The van der Waals surface area contributed by atoms with Crippen LogP contribution in [0.1, 0.15) is 31.7 Å². The highest BCUT2D eigenvalue weighted by molar-refractivity contribution is 5.81. The van der Waals surface area contributed by atoms with E-state index in [1.807, 2.05) is 11.8 Å². The lowest BCUT2D eigenvalue weighted by Gasteiger charge is -2.29. The van der Waals surface area contributed by atoms with Crippen molar-refractivity contribution in [3.05, 3.63) is 29.8 Å². The lowest BCUT2D eigenvalue weighted by molar-refractivity contribution is -0.133. The fourth-order valence-electron chi connectivity index (χ4n) is 2.30. The van der Waals surface area contributed by atoms with Crippen LogP contribution in [0.15, 0.2) is 18.5 Å². The van der Waals surface area contributed by atoms with Gasteiger partial charge in [0.25, 0.3) is 0 Å². The molecular weight excluding hydrogens is 245 g/mol. The molecule has 0 aromatic carbocycles. The summed E-state index contributed by atoms with van der Waals surface area (Å²) >= 11 is 0. The lowest BCUT2D eigenvalue weighted by Crippen LogP contribution is -2.46. The largest absolute Gasteiger partial charge is 0.341 e. The van der Waals surface area contributed by atoms with E-state index >= 15 is 0 Å². The molecule has 1 N–H and O–H groups in total. The molecule has 1 aromatic heterocycles. The molecule has 0 spiro atoms. The first kappa shape index (κ1) is 13.9. The molecule has 1 aliphatic rings. The Morgan fingerprint density at radius 1 is 1.42 bits per heavy atom. The summed E-state index contributed by atoms with van der Waals surface area (Å²) in [6.07, 6.45) is 6.17. The maximum absolute atomic E-state index is 13.0. The van der Waals surface area contributed by atoms with Gasteiger partial charge in [0.1, 0.15) is 5.82 Å². The first-order valence-electron chi connectivity index (χ1n) is 6.78. The maximum atomic E-state index is 13.0. The van der Waals surface area contributed by atoms with E-state index in [1.165, 1.54) is 18.7 Å². The number of amides is 1. The van der Waals surface area contributed by atoms with Crippen molar-refractivity contribution in [3.63, 3.8) is 0 Å². The molecule has 104 valence electrons. The highest BCUT2D eigenvalue weighted by atomic mass is 19.1. The summed E-state index contributed by atoms with van der Waals surface area (Å²) in [6.45, 7) is 4.01. The molecule has 2 rings (SSSR count).